The molecule has 2 aromatic heterocycles. The number of thioether (sulfide) groups is 1. The Balaban J connectivity index is 1.69. The van der Waals surface area contributed by atoms with E-state index in [1.807, 2.05) is 67.6 Å². The van der Waals surface area contributed by atoms with E-state index < -0.39 is 0 Å². The molecule has 0 aliphatic carbocycles. The molecule has 0 aliphatic rings. The maximum Gasteiger partial charge on any atom is 0.266 e. The third kappa shape index (κ3) is 3.92. The van der Waals surface area contributed by atoms with Gasteiger partial charge in [0, 0.05) is 0 Å². The fourth-order valence-corrected chi connectivity index (χ4v) is 5.07. The fraction of sp³-hybridized carbons (Fsp3) is 0.185. The summed E-state index contributed by atoms with van der Waals surface area (Å²) < 4.78 is 1.69. The number of H-pyrrole nitrogens is 1. The van der Waals surface area contributed by atoms with Crippen LogP contribution >= 0.6 is 11.8 Å². The molecule has 0 bridgehead atoms. The highest BCUT2D eigenvalue weighted by Crippen LogP contribution is 2.34. The standard InChI is InChI=1S/C27H24N4O2S/c1-16(2)18-10-6-9-15-23(18)31-26(33)20-12-5-8-14-22(20)29-27(31)34-17(3)24-28-21-13-7-4-11-19(21)25(32)30-24/h4-17H,1-3H3,(H,28,30,32). The van der Waals surface area contributed by atoms with Crippen molar-refractivity contribution in [2.75, 3.05) is 0 Å². The third-order valence-electron chi connectivity index (χ3n) is 5.84. The van der Waals surface area contributed by atoms with Crippen LogP contribution in [0.3, 0.4) is 0 Å². The van der Waals surface area contributed by atoms with Gasteiger partial charge in [-0.1, -0.05) is 68.1 Å². The van der Waals surface area contributed by atoms with Gasteiger partial charge in [0.15, 0.2) is 5.16 Å². The van der Waals surface area contributed by atoms with Crippen LogP contribution in [0.5, 0.6) is 0 Å². The van der Waals surface area contributed by atoms with E-state index in [1.54, 1.807) is 16.7 Å². The van der Waals surface area contributed by atoms with Gasteiger partial charge < -0.3 is 4.98 Å². The minimum atomic E-state index is -0.247. The van der Waals surface area contributed by atoms with Gasteiger partial charge in [-0.25, -0.2) is 9.97 Å². The van der Waals surface area contributed by atoms with Gasteiger partial charge in [0.25, 0.3) is 11.1 Å². The van der Waals surface area contributed by atoms with E-state index in [0.29, 0.717) is 32.8 Å². The predicted molar refractivity (Wildman–Crippen MR) is 138 cm³/mol. The summed E-state index contributed by atoms with van der Waals surface area (Å²) in [6.07, 6.45) is 0. The number of rotatable bonds is 5. The lowest BCUT2D eigenvalue weighted by Gasteiger charge is -2.19. The van der Waals surface area contributed by atoms with Gasteiger partial charge in [0.05, 0.1) is 32.7 Å². The zero-order valence-electron chi connectivity index (χ0n) is 19.1. The molecule has 5 rings (SSSR count). The zero-order chi connectivity index (χ0) is 23.8. The van der Waals surface area contributed by atoms with Crippen molar-refractivity contribution in [1.29, 1.82) is 0 Å². The van der Waals surface area contributed by atoms with Crippen molar-refractivity contribution < 1.29 is 0 Å². The second-order valence-corrected chi connectivity index (χ2v) is 9.80. The molecule has 0 fully saturated rings. The number of fused-ring (bicyclic) bond motifs is 2. The average Bonchev–Trinajstić information content (AvgIpc) is 2.84. The highest BCUT2D eigenvalue weighted by atomic mass is 32.2. The van der Waals surface area contributed by atoms with Crippen molar-refractivity contribution >= 4 is 33.6 Å². The van der Waals surface area contributed by atoms with E-state index in [1.165, 1.54) is 11.8 Å². The summed E-state index contributed by atoms with van der Waals surface area (Å²) in [7, 11) is 0. The van der Waals surface area contributed by atoms with Gasteiger partial charge in [-0.15, -0.1) is 0 Å². The number of hydrogen-bond donors (Lipinski definition) is 1. The van der Waals surface area contributed by atoms with Crippen molar-refractivity contribution in [1.82, 2.24) is 19.5 Å². The van der Waals surface area contributed by atoms with Crippen molar-refractivity contribution in [2.24, 2.45) is 0 Å². The summed E-state index contributed by atoms with van der Waals surface area (Å²) in [5, 5.41) is 1.42. The first-order valence-electron chi connectivity index (χ1n) is 11.2. The average molecular weight is 469 g/mol. The SMILES string of the molecule is CC(C)c1ccccc1-n1c(SC(C)c2nc3ccccc3c(=O)[nH]2)nc2ccccc2c1=O. The van der Waals surface area contributed by atoms with Gasteiger partial charge in [-0.2, -0.15) is 0 Å². The highest BCUT2D eigenvalue weighted by molar-refractivity contribution is 7.99. The van der Waals surface area contributed by atoms with Crippen molar-refractivity contribution in [3.63, 3.8) is 0 Å². The monoisotopic (exact) mass is 468 g/mol. The normalized spacial score (nSPS) is 12.5. The van der Waals surface area contributed by atoms with Crippen molar-refractivity contribution in [2.45, 2.75) is 37.1 Å². The van der Waals surface area contributed by atoms with E-state index >= 15 is 0 Å². The van der Waals surface area contributed by atoms with Crippen LogP contribution in [0.4, 0.5) is 0 Å². The fourth-order valence-electron chi connectivity index (χ4n) is 4.09. The first kappa shape index (κ1) is 22.1. The number of nitrogens with one attached hydrogen (secondary N) is 1. The van der Waals surface area contributed by atoms with Crippen LogP contribution in [0.1, 0.15) is 43.3 Å². The molecule has 0 amide bonds. The van der Waals surface area contributed by atoms with E-state index in [9.17, 15) is 9.59 Å². The summed E-state index contributed by atoms with van der Waals surface area (Å²) >= 11 is 1.40. The lowest BCUT2D eigenvalue weighted by molar-refractivity contribution is 0.776. The zero-order valence-corrected chi connectivity index (χ0v) is 20.0. The molecule has 0 saturated heterocycles. The molecule has 0 radical (unpaired) electrons. The topological polar surface area (TPSA) is 80.6 Å². The molecule has 5 aromatic rings. The number of aromatic amines is 1. The second kappa shape index (κ2) is 8.91. The molecule has 1 atom stereocenters. The molecule has 0 saturated carbocycles. The predicted octanol–water partition coefficient (Wildman–Crippen LogP) is 5.60. The van der Waals surface area contributed by atoms with E-state index in [4.69, 9.17) is 4.98 Å². The Labute approximate surface area is 200 Å². The van der Waals surface area contributed by atoms with E-state index in [0.717, 1.165) is 11.3 Å². The molecule has 1 unspecified atom stereocenters. The van der Waals surface area contributed by atoms with Crippen molar-refractivity contribution in [3.05, 3.63) is 105 Å². The summed E-state index contributed by atoms with van der Waals surface area (Å²) in [5.74, 6) is 0.767. The number of nitrogens with zero attached hydrogens (tertiary/aromatic N) is 3. The number of aromatic nitrogens is 4. The minimum absolute atomic E-state index is 0.117. The van der Waals surface area contributed by atoms with Crippen LogP contribution in [0.15, 0.2) is 87.5 Å². The lowest BCUT2D eigenvalue weighted by Crippen LogP contribution is -2.23. The number of hydrogen-bond acceptors (Lipinski definition) is 5. The van der Waals surface area contributed by atoms with Crippen LogP contribution in [-0.2, 0) is 0 Å². The maximum atomic E-state index is 13.7. The maximum absolute atomic E-state index is 13.7. The van der Waals surface area contributed by atoms with Gasteiger partial charge in [-0.3, -0.25) is 14.2 Å². The molecule has 34 heavy (non-hydrogen) atoms. The highest BCUT2D eigenvalue weighted by Gasteiger charge is 2.21. The summed E-state index contributed by atoms with van der Waals surface area (Å²) in [6, 6.07) is 22.6. The molecule has 170 valence electrons. The quantitative estimate of drug-likeness (QED) is 0.268. The van der Waals surface area contributed by atoms with Gasteiger partial charge in [0.2, 0.25) is 0 Å². The Morgan fingerprint density at radius 3 is 2.15 bits per heavy atom. The first-order chi connectivity index (χ1) is 16.4. The molecule has 7 heteroatoms. The van der Waals surface area contributed by atoms with Crippen LogP contribution < -0.4 is 11.1 Å². The summed E-state index contributed by atoms with van der Waals surface area (Å²) in [5.41, 5.74) is 2.86. The second-order valence-electron chi connectivity index (χ2n) is 8.49. The van der Waals surface area contributed by atoms with Gasteiger partial charge in [0.1, 0.15) is 5.82 Å². The van der Waals surface area contributed by atoms with Gasteiger partial charge in [-0.05, 0) is 48.7 Å². The molecule has 6 nitrogen and oxygen atoms in total. The molecule has 0 spiro atoms. The molecule has 2 heterocycles. The molecular weight excluding hydrogens is 444 g/mol. The molecule has 1 N–H and O–H groups in total. The Morgan fingerprint density at radius 1 is 0.794 bits per heavy atom. The Morgan fingerprint density at radius 2 is 1.41 bits per heavy atom. The smallest absolute Gasteiger partial charge is 0.266 e. The molecule has 0 aliphatic heterocycles. The first-order valence-corrected chi connectivity index (χ1v) is 12.1. The molecular formula is C27H24N4O2S. The lowest BCUT2D eigenvalue weighted by atomic mass is 10.0. The van der Waals surface area contributed by atoms with Crippen molar-refractivity contribution in [3.8, 4) is 5.69 Å². The van der Waals surface area contributed by atoms with Crippen LogP contribution in [-0.4, -0.2) is 19.5 Å². The van der Waals surface area contributed by atoms with Crippen LogP contribution in [0.2, 0.25) is 0 Å². The van der Waals surface area contributed by atoms with Gasteiger partial charge >= 0.3 is 0 Å². The molecule has 3 aromatic carbocycles. The Kier molecular flexibility index (Phi) is 5.79. The van der Waals surface area contributed by atoms with E-state index in [2.05, 4.69) is 23.8 Å². The number of benzene rings is 3. The van der Waals surface area contributed by atoms with Crippen LogP contribution in [0.25, 0.3) is 27.5 Å². The Hall–Kier alpha value is -3.71. The largest absolute Gasteiger partial charge is 0.309 e. The van der Waals surface area contributed by atoms with Crippen LogP contribution in [0, 0.1) is 0 Å². The third-order valence-corrected chi connectivity index (χ3v) is 6.90. The van der Waals surface area contributed by atoms with E-state index in [-0.39, 0.29) is 22.3 Å². The summed E-state index contributed by atoms with van der Waals surface area (Å²) in [4.78, 5) is 38.8. The summed E-state index contributed by atoms with van der Waals surface area (Å²) in [6.45, 7) is 6.17. The Bertz CT molecular complexity index is 1640. The minimum Gasteiger partial charge on any atom is -0.309 e. The number of para-hydroxylation sites is 3.